The second-order valence-electron chi connectivity index (χ2n) is 15.2. The Morgan fingerprint density at radius 3 is 2.19 bits per heavy atom. The van der Waals surface area contributed by atoms with Crippen LogP contribution in [0, 0.1) is 29.1 Å². The molecule has 1 heterocycles. The molecule has 2 fully saturated rings. The molecule has 0 aromatic heterocycles. The molecule has 4 N–H and O–H groups in total. The molecule has 3 aliphatic rings. The number of methoxy groups -OCH3 is 1. The molecule has 4 rings (SSSR count). The molecule has 0 radical (unpaired) electrons. The fourth-order valence-electron chi connectivity index (χ4n) is 7.09. The molecule has 0 spiro atoms. The van der Waals surface area contributed by atoms with E-state index in [0.29, 0.717) is 38.8 Å². The number of fused-ring (bicyclic) bond motifs is 1. The molecule has 1 aliphatic heterocycles. The summed E-state index contributed by atoms with van der Waals surface area (Å²) in [5.41, 5.74) is 1.98. The maximum Gasteiger partial charge on any atom is 0.315 e. The highest BCUT2D eigenvalue weighted by molar-refractivity contribution is 6.38. The lowest BCUT2D eigenvalue weighted by Crippen LogP contribution is -2.61. The maximum absolute atomic E-state index is 14.7. The van der Waals surface area contributed by atoms with Crippen molar-refractivity contribution in [1.29, 1.82) is 0 Å². The Balaban J connectivity index is 1.60. The number of ketones is 1. The number of benzene rings is 1. The molecular formula is C37H55N5O6. The number of likely N-dealkylation sites (tertiary alicyclic amines) is 1. The van der Waals surface area contributed by atoms with Crippen molar-refractivity contribution in [3.8, 4) is 0 Å². The molecule has 11 heteroatoms. The van der Waals surface area contributed by atoms with Crippen LogP contribution in [0.5, 0.6) is 0 Å². The Morgan fingerprint density at radius 2 is 1.65 bits per heavy atom. The SMILES string of the molecule is C=CCNC(=O)C(=O)C(CC1CC1)NC(=O)C1[C@@H](C(C)C)CCN1C(=O)C(NC(=O)NC(COC)C(C)(C)C)C1Cc2ccccc2C1. The summed E-state index contributed by atoms with van der Waals surface area (Å²) in [5.74, 6) is -2.27. The first-order valence-electron chi connectivity index (χ1n) is 17.4. The zero-order valence-electron chi connectivity index (χ0n) is 29.5. The maximum atomic E-state index is 14.7. The van der Waals surface area contributed by atoms with Crippen LogP contribution in [-0.4, -0.2) is 85.4 Å². The summed E-state index contributed by atoms with van der Waals surface area (Å²) in [6, 6.07) is 4.54. The van der Waals surface area contributed by atoms with Crippen LogP contribution in [0.4, 0.5) is 4.79 Å². The smallest absolute Gasteiger partial charge is 0.315 e. The minimum Gasteiger partial charge on any atom is -0.383 e. The molecule has 264 valence electrons. The number of nitrogens with zero attached hydrogens (tertiary/aromatic N) is 1. The third-order valence-corrected chi connectivity index (χ3v) is 10.2. The lowest BCUT2D eigenvalue weighted by atomic mass is 9.87. The van der Waals surface area contributed by atoms with Gasteiger partial charge in [0, 0.05) is 20.2 Å². The number of Topliss-reactive ketones (excluding diaryl/α,β-unsaturated/α-hetero) is 1. The zero-order valence-corrected chi connectivity index (χ0v) is 29.5. The Bertz CT molecular complexity index is 1330. The van der Waals surface area contributed by atoms with Gasteiger partial charge in [-0.1, -0.05) is 77.8 Å². The minimum absolute atomic E-state index is 0.0686. The second kappa shape index (κ2) is 16.1. The van der Waals surface area contributed by atoms with E-state index in [0.717, 1.165) is 24.0 Å². The molecule has 1 saturated heterocycles. The van der Waals surface area contributed by atoms with Gasteiger partial charge in [0.05, 0.1) is 18.7 Å². The second-order valence-corrected chi connectivity index (χ2v) is 15.2. The lowest BCUT2D eigenvalue weighted by Gasteiger charge is -2.35. The first kappa shape index (κ1) is 37.1. The van der Waals surface area contributed by atoms with E-state index in [9.17, 15) is 24.0 Å². The fourth-order valence-corrected chi connectivity index (χ4v) is 7.09. The molecule has 2 aliphatic carbocycles. The summed E-state index contributed by atoms with van der Waals surface area (Å²) in [6.07, 6.45) is 5.58. The number of nitrogens with one attached hydrogen (secondary N) is 4. The van der Waals surface area contributed by atoms with Gasteiger partial charge in [0.15, 0.2) is 0 Å². The van der Waals surface area contributed by atoms with Gasteiger partial charge in [-0.05, 0) is 65.9 Å². The average molecular weight is 666 g/mol. The number of hydrogen-bond acceptors (Lipinski definition) is 6. The number of carbonyl (C=O) groups is 5. The van der Waals surface area contributed by atoms with Crippen LogP contribution in [-0.2, 0) is 36.8 Å². The first-order valence-corrected chi connectivity index (χ1v) is 17.4. The molecule has 1 aromatic rings. The summed E-state index contributed by atoms with van der Waals surface area (Å²) in [7, 11) is 1.58. The van der Waals surface area contributed by atoms with Crippen molar-refractivity contribution in [3.63, 3.8) is 0 Å². The van der Waals surface area contributed by atoms with Crippen molar-refractivity contribution in [2.75, 3.05) is 26.8 Å². The van der Waals surface area contributed by atoms with E-state index in [4.69, 9.17) is 4.74 Å². The Morgan fingerprint density at radius 1 is 1.00 bits per heavy atom. The van der Waals surface area contributed by atoms with Gasteiger partial charge < -0.3 is 30.9 Å². The van der Waals surface area contributed by atoms with Crippen molar-refractivity contribution < 1.29 is 28.7 Å². The summed E-state index contributed by atoms with van der Waals surface area (Å²) in [6.45, 7) is 14.4. The molecule has 4 unspecified atom stereocenters. The van der Waals surface area contributed by atoms with Gasteiger partial charge in [-0.15, -0.1) is 6.58 Å². The number of ether oxygens (including phenoxy) is 1. The molecule has 1 saturated carbocycles. The highest BCUT2D eigenvalue weighted by atomic mass is 16.5. The van der Waals surface area contributed by atoms with E-state index < -0.39 is 41.8 Å². The van der Waals surface area contributed by atoms with Gasteiger partial charge >= 0.3 is 6.03 Å². The number of carbonyl (C=O) groups excluding carboxylic acids is 5. The lowest BCUT2D eigenvalue weighted by molar-refractivity contribution is -0.144. The van der Waals surface area contributed by atoms with Crippen LogP contribution in [0.3, 0.4) is 0 Å². The van der Waals surface area contributed by atoms with Gasteiger partial charge in [-0.25, -0.2) is 4.79 Å². The fraction of sp³-hybridized carbons (Fsp3) is 0.649. The standard InChI is InChI=1S/C37H55N5O6/c1-8-16-38-34(45)32(43)28(18-23-13-14-23)39-33(44)31-27(22(2)3)15-17-42(31)35(46)30(26-19-24-11-9-10-12-25(24)20-26)41-36(47)40-29(21-48-7)37(4,5)6/h8-12,22-23,26-31H,1,13-21H2,2-7H3,(H,38,45)(H,39,44)(H2,40,41,47)/t27-,28?,29?,30?,31?/m1/s1. The average Bonchev–Trinajstić information content (AvgIpc) is 3.56. The Kier molecular flexibility index (Phi) is 12.5. The molecule has 5 amide bonds. The number of urea groups is 1. The summed E-state index contributed by atoms with van der Waals surface area (Å²) in [5, 5.41) is 11.5. The van der Waals surface area contributed by atoms with Gasteiger partial charge in [-0.2, -0.15) is 0 Å². The van der Waals surface area contributed by atoms with Gasteiger partial charge in [0.1, 0.15) is 12.1 Å². The number of amides is 5. The largest absolute Gasteiger partial charge is 0.383 e. The van der Waals surface area contributed by atoms with Crippen LogP contribution in [0.1, 0.15) is 71.4 Å². The number of hydrogen-bond donors (Lipinski definition) is 4. The Hall–Kier alpha value is -3.73. The normalized spacial score (nSPS) is 21.2. The Labute approximate surface area is 285 Å². The molecule has 5 atom stereocenters. The predicted octanol–water partition coefficient (Wildman–Crippen LogP) is 3.16. The van der Waals surface area contributed by atoms with Crippen molar-refractivity contribution in [3.05, 3.63) is 48.0 Å². The third kappa shape index (κ3) is 9.24. The van der Waals surface area contributed by atoms with Gasteiger partial charge in [0.25, 0.3) is 5.91 Å². The van der Waals surface area contributed by atoms with Crippen LogP contribution in [0.2, 0.25) is 0 Å². The minimum atomic E-state index is -0.987. The number of rotatable bonds is 15. The molecule has 11 nitrogen and oxygen atoms in total. The van der Waals surface area contributed by atoms with Crippen LogP contribution in [0.15, 0.2) is 36.9 Å². The van der Waals surface area contributed by atoms with Gasteiger partial charge in [0.2, 0.25) is 17.6 Å². The monoisotopic (exact) mass is 665 g/mol. The first-order chi connectivity index (χ1) is 22.7. The van der Waals surface area contributed by atoms with E-state index in [1.807, 2.05) is 58.9 Å². The molecule has 48 heavy (non-hydrogen) atoms. The van der Waals surface area contributed by atoms with Crippen LogP contribution in [0.25, 0.3) is 0 Å². The van der Waals surface area contributed by atoms with Crippen molar-refractivity contribution >= 4 is 29.5 Å². The molecular weight excluding hydrogens is 610 g/mol. The van der Waals surface area contributed by atoms with E-state index in [1.54, 1.807) is 12.0 Å². The van der Waals surface area contributed by atoms with Crippen LogP contribution < -0.4 is 21.3 Å². The highest BCUT2D eigenvalue weighted by Crippen LogP contribution is 2.36. The van der Waals surface area contributed by atoms with Crippen molar-refractivity contribution in [2.45, 2.75) is 97.3 Å². The predicted molar refractivity (Wildman–Crippen MR) is 184 cm³/mol. The van der Waals surface area contributed by atoms with E-state index >= 15 is 0 Å². The quantitative estimate of drug-likeness (QED) is 0.167. The van der Waals surface area contributed by atoms with Gasteiger partial charge in [-0.3, -0.25) is 19.2 Å². The summed E-state index contributed by atoms with van der Waals surface area (Å²) in [4.78, 5) is 69.9. The van der Waals surface area contributed by atoms with E-state index in [-0.39, 0.29) is 47.6 Å². The molecule has 0 bridgehead atoms. The van der Waals surface area contributed by atoms with Crippen molar-refractivity contribution in [2.24, 2.45) is 29.1 Å². The summed E-state index contributed by atoms with van der Waals surface area (Å²) < 4.78 is 5.38. The van der Waals surface area contributed by atoms with Crippen LogP contribution >= 0.6 is 0 Å². The third-order valence-electron chi connectivity index (χ3n) is 10.2. The highest BCUT2D eigenvalue weighted by Gasteiger charge is 2.48. The van der Waals surface area contributed by atoms with Crippen molar-refractivity contribution in [1.82, 2.24) is 26.2 Å². The van der Waals surface area contributed by atoms with E-state index in [2.05, 4.69) is 27.8 Å². The summed E-state index contributed by atoms with van der Waals surface area (Å²) >= 11 is 0. The zero-order chi connectivity index (χ0) is 35.2. The topological polar surface area (TPSA) is 146 Å². The van der Waals surface area contributed by atoms with E-state index in [1.165, 1.54) is 6.08 Å². The molecule has 1 aromatic carbocycles.